The highest BCUT2D eigenvalue weighted by atomic mass is 16.6. The Morgan fingerprint density at radius 1 is 1.47 bits per heavy atom. The molecular weight excluding hydrogens is 196 g/mol. The van der Waals surface area contributed by atoms with Gasteiger partial charge in [0.25, 0.3) is 0 Å². The second kappa shape index (κ2) is 5.48. The van der Waals surface area contributed by atoms with Crippen LogP contribution in [0.4, 0.5) is 0 Å². The van der Waals surface area contributed by atoms with Gasteiger partial charge in [-0.1, -0.05) is 12.5 Å². The van der Waals surface area contributed by atoms with Crippen molar-refractivity contribution in [2.75, 3.05) is 6.54 Å². The zero-order chi connectivity index (χ0) is 11.3. The number of carbonyl (C=O) groups excluding carboxylic acids is 1. The van der Waals surface area contributed by atoms with Gasteiger partial charge in [-0.2, -0.15) is 0 Å². The lowest BCUT2D eigenvalue weighted by atomic mass is 9.90. The molecule has 1 saturated carbocycles. The summed E-state index contributed by atoms with van der Waals surface area (Å²) in [5, 5.41) is 10.8. The molecule has 1 aliphatic carbocycles. The smallest absolute Gasteiger partial charge is 0.233 e. The van der Waals surface area contributed by atoms with E-state index in [1.807, 2.05) is 0 Å². The molecule has 15 heavy (non-hydrogen) atoms. The molecule has 0 spiro atoms. The predicted octanol–water partition coefficient (Wildman–Crippen LogP) is 1.22. The monoisotopic (exact) mass is 212 g/mol. The van der Waals surface area contributed by atoms with Crippen LogP contribution in [0.2, 0.25) is 0 Å². The summed E-state index contributed by atoms with van der Waals surface area (Å²) in [6, 6.07) is -0.867. The molecule has 0 saturated heterocycles. The van der Waals surface area contributed by atoms with Crippen LogP contribution in [0.1, 0.15) is 25.7 Å². The Morgan fingerprint density at radius 2 is 2.13 bits per heavy atom. The number of rotatable bonds is 5. The quantitative estimate of drug-likeness (QED) is 0.298. The lowest BCUT2D eigenvalue weighted by molar-refractivity contribution is -0.532. The van der Waals surface area contributed by atoms with E-state index in [9.17, 15) is 14.9 Å². The maximum Gasteiger partial charge on any atom is 0.233 e. The normalized spacial score (nSPS) is 25.6. The molecule has 5 nitrogen and oxygen atoms in total. The Balaban J connectivity index is 2.72. The summed E-state index contributed by atoms with van der Waals surface area (Å²) in [5.41, 5.74) is 0. The van der Waals surface area contributed by atoms with E-state index in [0.29, 0.717) is 19.4 Å². The van der Waals surface area contributed by atoms with E-state index in [-0.39, 0.29) is 11.0 Å². The molecule has 2 atom stereocenters. The van der Waals surface area contributed by atoms with Gasteiger partial charge in [-0.3, -0.25) is 14.9 Å². The van der Waals surface area contributed by atoms with Gasteiger partial charge in [0.05, 0.1) is 6.04 Å². The number of amides is 1. The first-order valence-electron chi connectivity index (χ1n) is 5.16. The van der Waals surface area contributed by atoms with Crippen LogP contribution >= 0.6 is 0 Å². The number of nitro groups is 1. The van der Waals surface area contributed by atoms with Crippen LogP contribution < -0.4 is 0 Å². The lowest BCUT2D eigenvalue weighted by Gasteiger charge is -2.32. The Morgan fingerprint density at radius 3 is 2.67 bits per heavy atom. The first-order chi connectivity index (χ1) is 7.20. The Kier molecular flexibility index (Phi) is 4.27. The molecule has 0 N–H and O–H groups in total. The largest absolute Gasteiger partial charge is 0.332 e. The van der Waals surface area contributed by atoms with Crippen molar-refractivity contribution in [3.05, 3.63) is 22.8 Å². The highest BCUT2D eigenvalue weighted by molar-refractivity contribution is 5.48. The van der Waals surface area contributed by atoms with Crippen LogP contribution in [0.15, 0.2) is 12.7 Å². The van der Waals surface area contributed by atoms with E-state index < -0.39 is 6.04 Å². The molecule has 5 heteroatoms. The van der Waals surface area contributed by atoms with E-state index in [2.05, 4.69) is 6.58 Å². The minimum Gasteiger partial charge on any atom is -0.332 e. The number of hydrogen-bond donors (Lipinski definition) is 0. The fourth-order valence-corrected chi connectivity index (χ4v) is 2.13. The molecule has 1 rings (SSSR count). The minimum atomic E-state index is -0.608. The Bertz CT molecular complexity index is 255. The van der Waals surface area contributed by atoms with Crippen molar-refractivity contribution in [3.63, 3.8) is 0 Å². The number of hydrogen-bond acceptors (Lipinski definition) is 3. The van der Waals surface area contributed by atoms with Crippen LogP contribution in [0, 0.1) is 10.1 Å². The van der Waals surface area contributed by atoms with E-state index in [1.54, 1.807) is 6.08 Å². The molecule has 1 amide bonds. The van der Waals surface area contributed by atoms with Gasteiger partial charge in [0.1, 0.15) is 0 Å². The molecule has 0 aliphatic heterocycles. The van der Waals surface area contributed by atoms with Crippen molar-refractivity contribution < 1.29 is 9.72 Å². The van der Waals surface area contributed by atoms with E-state index in [0.717, 1.165) is 19.3 Å². The van der Waals surface area contributed by atoms with Crippen molar-refractivity contribution in [1.82, 2.24) is 4.90 Å². The van der Waals surface area contributed by atoms with Crippen molar-refractivity contribution in [2.45, 2.75) is 37.8 Å². The Labute approximate surface area is 88.9 Å². The standard InChI is InChI=1S/C10H16N2O3/c1-2-7-11(8-13)9-5-3-4-6-10(9)12(14)15/h2,8-10H,1,3-7H2/t9-,10-/m1/s1. The van der Waals surface area contributed by atoms with Gasteiger partial charge in [0.2, 0.25) is 12.5 Å². The molecule has 84 valence electrons. The van der Waals surface area contributed by atoms with E-state index in [1.165, 1.54) is 4.90 Å². The van der Waals surface area contributed by atoms with Gasteiger partial charge >= 0.3 is 0 Å². The fraction of sp³-hybridized carbons (Fsp3) is 0.700. The maximum absolute atomic E-state index is 10.8. The maximum atomic E-state index is 10.8. The molecule has 0 heterocycles. The lowest BCUT2D eigenvalue weighted by Crippen LogP contribution is -2.48. The van der Waals surface area contributed by atoms with E-state index in [4.69, 9.17) is 0 Å². The molecule has 0 radical (unpaired) electrons. The molecule has 0 aromatic heterocycles. The zero-order valence-electron chi connectivity index (χ0n) is 8.67. The van der Waals surface area contributed by atoms with Gasteiger partial charge in [-0.05, 0) is 12.8 Å². The summed E-state index contributed by atoms with van der Waals surface area (Å²) in [6.07, 6.45) is 5.41. The van der Waals surface area contributed by atoms with Gasteiger partial charge in [-0.25, -0.2) is 0 Å². The number of nitrogens with zero attached hydrogens (tertiary/aromatic N) is 2. The van der Waals surface area contributed by atoms with Crippen LogP contribution in [-0.4, -0.2) is 34.9 Å². The van der Waals surface area contributed by atoms with Crippen LogP contribution in [0.3, 0.4) is 0 Å². The topological polar surface area (TPSA) is 63.5 Å². The van der Waals surface area contributed by atoms with Crippen LogP contribution in [-0.2, 0) is 4.79 Å². The molecule has 0 aromatic rings. The zero-order valence-corrected chi connectivity index (χ0v) is 8.67. The van der Waals surface area contributed by atoms with Crippen LogP contribution in [0.25, 0.3) is 0 Å². The fourth-order valence-electron chi connectivity index (χ4n) is 2.13. The molecular formula is C10H16N2O3. The second-order valence-electron chi connectivity index (χ2n) is 3.80. The number of carbonyl (C=O) groups is 1. The third-order valence-corrected chi connectivity index (χ3v) is 2.87. The third kappa shape index (κ3) is 2.78. The van der Waals surface area contributed by atoms with Crippen molar-refractivity contribution in [2.24, 2.45) is 0 Å². The summed E-state index contributed by atoms with van der Waals surface area (Å²) >= 11 is 0. The summed E-state index contributed by atoms with van der Waals surface area (Å²) in [4.78, 5) is 22.9. The SMILES string of the molecule is C=CCN(C=O)[C@@H]1CCCC[C@H]1[N+](=O)[O-]. The summed E-state index contributed by atoms with van der Waals surface area (Å²) < 4.78 is 0. The average Bonchev–Trinajstić information content (AvgIpc) is 2.26. The molecule has 1 aliphatic rings. The van der Waals surface area contributed by atoms with Gasteiger partial charge < -0.3 is 4.90 Å². The predicted molar refractivity (Wildman–Crippen MR) is 56.0 cm³/mol. The molecule has 0 bridgehead atoms. The molecule has 0 aromatic carbocycles. The first kappa shape index (κ1) is 11.7. The summed E-state index contributed by atoms with van der Waals surface area (Å²) in [5.74, 6) is 0. The van der Waals surface area contributed by atoms with Gasteiger partial charge in [0.15, 0.2) is 0 Å². The van der Waals surface area contributed by atoms with E-state index >= 15 is 0 Å². The Hall–Kier alpha value is -1.39. The van der Waals surface area contributed by atoms with Gasteiger partial charge in [0, 0.05) is 17.9 Å². The van der Waals surface area contributed by atoms with Crippen molar-refractivity contribution >= 4 is 6.41 Å². The first-order valence-corrected chi connectivity index (χ1v) is 5.16. The third-order valence-electron chi connectivity index (χ3n) is 2.87. The van der Waals surface area contributed by atoms with Crippen molar-refractivity contribution in [3.8, 4) is 0 Å². The minimum absolute atomic E-state index is 0.260. The molecule has 0 unspecified atom stereocenters. The van der Waals surface area contributed by atoms with Crippen LogP contribution in [0.5, 0.6) is 0 Å². The van der Waals surface area contributed by atoms with Crippen molar-refractivity contribution in [1.29, 1.82) is 0 Å². The highest BCUT2D eigenvalue weighted by Gasteiger charge is 2.37. The summed E-state index contributed by atoms with van der Waals surface area (Å²) in [7, 11) is 0. The van der Waals surface area contributed by atoms with Gasteiger partial charge in [-0.15, -0.1) is 6.58 Å². The average molecular weight is 212 g/mol. The highest BCUT2D eigenvalue weighted by Crippen LogP contribution is 2.24. The summed E-state index contributed by atoms with van der Waals surface area (Å²) in [6.45, 7) is 3.93. The second-order valence-corrected chi connectivity index (χ2v) is 3.80. The molecule has 1 fully saturated rings.